The molecule has 1 unspecified atom stereocenters. The van der Waals surface area contributed by atoms with E-state index in [1.807, 2.05) is 20.8 Å². The van der Waals surface area contributed by atoms with Gasteiger partial charge >= 0.3 is 0 Å². The van der Waals surface area contributed by atoms with E-state index >= 15 is 0 Å². The monoisotopic (exact) mass is 338 g/mol. The van der Waals surface area contributed by atoms with Gasteiger partial charge in [-0.15, -0.1) is 0 Å². The molecule has 1 aromatic carbocycles. The molecule has 0 saturated heterocycles. The Bertz CT molecular complexity index is 574. The second kappa shape index (κ2) is 7.09. The molecule has 114 valence electrons. The first-order chi connectivity index (χ1) is 9.17. The van der Waals surface area contributed by atoms with E-state index in [2.05, 4.69) is 4.72 Å². The van der Waals surface area contributed by atoms with E-state index < -0.39 is 10.0 Å². The number of nitrogens with two attached hydrogens (primary N) is 1. The largest absolute Gasteiger partial charge is 0.326 e. The van der Waals surface area contributed by atoms with E-state index in [0.29, 0.717) is 16.5 Å². The van der Waals surface area contributed by atoms with Crippen molar-refractivity contribution in [3.8, 4) is 0 Å². The summed E-state index contributed by atoms with van der Waals surface area (Å²) in [6, 6.07) is 2.66. The summed E-state index contributed by atoms with van der Waals surface area (Å²) in [5.41, 5.74) is 6.09. The fraction of sp³-hybridized carbons (Fsp3) is 0.538. The molecule has 0 saturated carbocycles. The van der Waals surface area contributed by atoms with E-state index in [1.54, 1.807) is 0 Å². The lowest BCUT2D eigenvalue weighted by atomic mass is 10.1. The summed E-state index contributed by atoms with van der Waals surface area (Å²) in [7, 11) is -3.68. The Kier molecular flexibility index (Phi) is 6.28. The number of hydrogen-bond donors (Lipinski definition) is 2. The molecule has 0 radical (unpaired) electrons. The molecule has 0 fully saturated rings. The van der Waals surface area contributed by atoms with Crippen LogP contribution in [0.4, 0.5) is 0 Å². The maximum atomic E-state index is 12.3. The average Bonchev–Trinajstić information content (AvgIpc) is 2.26. The minimum absolute atomic E-state index is 0.0135. The van der Waals surface area contributed by atoms with Gasteiger partial charge < -0.3 is 5.73 Å². The summed E-state index contributed by atoms with van der Waals surface area (Å²) in [5, 5.41) is 0.461. The molecular formula is C13H20Cl2N2O2S. The van der Waals surface area contributed by atoms with Crippen molar-refractivity contribution in [1.29, 1.82) is 0 Å². The Morgan fingerprint density at radius 2 is 1.80 bits per heavy atom. The molecule has 0 spiro atoms. The van der Waals surface area contributed by atoms with Crippen LogP contribution in [-0.4, -0.2) is 14.5 Å². The molecule has 3 N–H and O–H groups in total. The molecule has 0 bridgehead atoms. The van der Waals surface area contributed by atoms with Gasteiger partial charge in [0.1, 0.15) is 4.90 Å². The van der Waals surface area contributed by atoms with Crippen LogP contribution in [0.3, 0.4) is 0 Å². The summed E-state index contributed by atoms with van der Waals surface area (Å²) >= 11 is 11.9. The van der Waals surface area contributed by atoms with Gasteiger partial charge in [-0.2, -0.15) is 0 Å². The molecule has 1 atom stereocenters. The third-order valence-electron chi connectivity index (χ3n) is 2.79. The number of halogens is 2. The van der Waals surface area contributed by atoms with Gasteiger partial charge in [0.2, 0.25) is 10.0 Å². The second-order valence-corrected chi connectivity index (χ2v) is 7.73. The topological polar surface area (TPSA) is 72.2 Å². The normalized spacial score (nSPS) is 13.8. The van der Waals surface area contributed by atoms with Gasteiger partial charge in [0.15, 0.2) is 0 Å². The Morgan fingerprint density at radius 3 is 2.30 bits per heavy atom. The first kappa shape index (κ1) is 17.7. The Hall–Kier alpha value is -0.330. The van der Waals surface area contributed by atoms with Gasteiger partial charge in [-0.1, -0.05) is 37.0 Å². The highest BCUT2D eigenvalue weighted by Gasteiger charge is 2.22. The van der Waals surface area contributed by atoms with Crippen LogP contribution in [0, 0.1) is 5.92 Å². The van der Waals surface area contributed by atoms with Crippen molar-refractivity contribution in [2.75, 3.05) is 0 Å². The minimum atomic E-state index is -3.68. The van der Waals surface area contributed by atoms with Crippen molar-refractivity contribution in [1.82, 2.24) is 4.72 Å². The maximum absolute atomic E-state index is 12.3. The molecule has 0 amide bonds. The standard InChI is InChI=1S/C13H20Cl2N2O2S/c1-8(2)4-9(3)17-20(18,19)13-5-10(7-16)11(14)6-12(13)15/h5-6,8-9,17H,4,7,16H2,1-3H3. The first-order valence-electron chi connectivity index (χ1n) is 6.37. The summed E-state index contributed by atoms with van der Waals surface area (Å²) in [4.78, 5) is 0.0135. The summed E-state index contributed by atoms with van der Waals surface area (Å²) in [5.74, 6) is 0.396. The fourth-order valence-corrected chi connectivity index (χ4v) is 4.15. The number of nitrogens with one attached hydrogen (secondary N) is 1. The minimum Gasteiger partial charge on any atom is -0.326 e. The van der Waals surface area contributed by atoms with Crippen LogP contribution in [0.5, 0.6) is 0 Å². The zero-order valence-electron chi connectivity index (χ0n) is 11.8. The van der Waals surface area contributed by atoms with Crippen molar-refractivity contribution in [3.05, 3.63) is 27.7 Å². The van der Waals surface area contributed by atoms with Gasteiger partial charge in [-0.25, -0.2) is 13.1 Å². The van der Waals surface area contributed by atoms with E-state index in [0.717, 1.165) is 6.42 Å². The molecule has 0 aliphatic rings. The molecule has 0 aliphatic carbocycles. The molecule has 7 heteroatoms. The number of rotatable bonds is 6. The summed E-state index contributed by atoms with van der Waals surface area (Å²) in [6.07, 6.45) is 0.744. The number of benzene rings is 1. The van der Waals surface area contributed by atoms with Crippen molar-refractivity contribution in [3.63, 3.8) is 0 Å². The molecule has 0 aromatic heterocycles. The quantitative estimate of drug-likeness (QED) is 0.836. The first-order valence-corrected chi connectivity index (χ1v) is 8.61. The van der Waals surface area contributed by atoms with Crippen LogP contribution >= 0.6 is 23.2 Å². The number of hydrogen-bond acceptors (Lipinski definition) is 3. The van der Waals surface area contributed by atoms with Crippen LogP contribution < -0.4 is 10.5 Å². The molecule has 0 heterocycles. The van der Waals surface area contributed by atoms with Crippen LogP contribution in [0.25, 0.3) is 0 Å². The average molecular weight is 339 g/mol. The van der Waals surface area contributed by atoms with Crippen LogP contribution in [0.2, 0.25) is 10.0 Å². The van der Waals surface area contributed by atoms with E-state index in [-0.39, 0.29) is 22.5 Å². The van der Waals surface area contributed by atoms with E-state index in [4.69, 9.17) is 28.9 Å². The van der Waals surface area contributed by atoms with Crippen LogP contribution in [-0.2, 0) is 16.6 Å². The zero-order valence-corrected chi connectivity index (χ0v) is 14.1. The van der Waals surface area contributed by atoms with E-state index in [9.17, 15) is 8.42 Å². The van der Waals surface area contributed by atoms with Crippen molar-refractivity contribution in [2.45, 2.75) is 44.7 Å². The molecule has 1 aromatic rings. The third kappa shape index (κ3) is 4.60. The molecule has 0 aliphatic heterocycles. The predicted octanol–water partition coefficient (Wildman–Crippen LogP) is 3.17. The van der Waals surface area contributed by atoms with Crippen molar-refractivity contribution < 1.29 is 8.42 Å². The molecule has 20 heavy (non-hydrogen) atoms. The van der Waals surface area contributed by atoms with Crippen molar-refractivity contribution in [2.24, 2.45) is 11.7 Å². The maximum Gasteiger partial charge on any atom is 0.242 e. The van der Waals surface area contributed by atoms with Crippen LogP contribution in [0.15, 0.2) is 17.0 Å². The molecule has 1 rings (SSSR count). The van der Waals surface area contributed by atoms with Crippen molar-refractivity contribution >= 4 is 33.2 Å². The lowest BCUT2D eigenvalue weighted by Crippen LogP contribution is -2.33. The predicted molar refractivity (Wildman–Crippen MR) is 83.6 cm³/mol. The highest BCUT2D eigenvalue weighted by molar-refractivity contribution is 7.89. The number of sulfonamides is 1. The van der Waals surface area contributed by atoms with Gasteiger partial charge in [0.25, 0.3) is 0 Å². The fourth-order valence-electron chi connectivity index (χ4n) is 2.02. The van der Waals surface area contributed by atoms with Gasteiger partial charge in [-0.3, -0.25) is 0 Å². The Balaban J connectivity index is 3.09. The Morgan fingerprint density at radius 1 is 1.20 bits per heavy atom. The van der Waals surface area contributed by atoms with Gasteiger partial charge in [0.05, 0.1) is 5.02 Å². The van der Waals surface area contributed by atoms with E-state index in [1.165, 1.54) is 12.1 Å². The third-order valence-corrected chi connectivity index (χ3v) is 5.20. The highest BCUT2D eigenvalue weighted by Crippen LogP contribution is 2.28. The molecular weight excluding hydrogens is 319 g/mol. The lowest BCUT2D eigenvalue weighted by Gasteiger charge is -2.17. The molecule has 4 nitrogen and oxygen atoms in total. The SMILES string of the molecule is CC(C)CC(C)NS(=O)(=O)c1cc(CN)c(Cl)cc1Cl. The highest BCUT2D eigenvalue weighted by atomic mass is 35.5. The smallest absolute Gasteiger partial charge is 0.242 e. The van der Waals surface area contributed by atoms with Crippen LogP contribution in [0.1, 0.15) is 32.8 Å². The van der Waals surface area contributed by atoms with Gasteiger partial charge in [-0.05, 0) is 37.0 Å². The van der Waals surface area contributed by atoms with Gasteiger partial charge in [0, 0.05) is 17.6 Å². The lowest BCUT2D eigenvalue weighted by molar-refractivity contribution is 0.482. The zero-order chi connectivity index (χ0) is 15.5. The summed E-state index contributed by atoms with van der Waals surface area (Å²) in [6.45, 7) is 6.05. The Labute approximate surface area is 130 Å². The second-order valence-electron chi connectivity index (χ2n) is 5.23. The summed E-state index contributed by atoms with van der Waals surface area (Å²) < 4.78 is 27.3.